The third-order valence-electron chi connectivity index (χ3n) is 14.2. The van der Waals surface area contributed by atoms with Crippen LogP contribution in [0.15, 0.2) is 0 Å². The van der Waals surface area contributed by atoms with E-state index in [1.165, 1.54) is 19.3 Å². The Morgan fingerprint density at radius 2 is 1.26 bits per heavy atom. The molecule has 1 aliphatic carbocycles. The van der Waals surface area contributed by atoms with Crippen LogP contribution in [0, 0.1) is 65.6 Å². The summed E-state index contributed by atoms with van der Waals surface area (Å²) in [4.78, 5) is 12.7. The number of terminal acetylenes is 1. The van der Waals surface area contributed by atoms with E-state index < -0.39 is 0 Å². The minimum atomic E-state index is -0.259. The van der Waals surface area contributed by atoms with Crippen molar-refractivity contribution in [2.24, 2.45) is 53.3 Å². The lowest BCUT2D eigenvalue weighted by atomic mass is 9.76. The molecule has 7 nitrogen and oxygen atoms in total. The molecule has 0 aromatic carbocycles. The number of rotatable bonds is 6. The van der Waals surface area contributed by atoms with Crippen molar-refractivity contribution in [3.8, 4) is 12.3 Å². The van der Waals surface area contributed by atoms with E-state index in [1.54, 1.807) is 0 Å². The Labute approximate surface area is 261 Å². The van der Waals surface area contributed by atoms with Crippen molar-refractivity contribution in [1.82, 2.24) is 26.6 Å². The van der Waals surface area contributed by atoms with E-state index in [0.29, 0.717) is 115 Å². The maximum atomic E-state index is 12.7. The third-order valence-corrected chi connectivity index (χ3v) is 14.2. The molecule has 6 fully saturated rings. The van der Waals surface area contributed by atoms with Crippen molar-refractivity contribution in [2.45, 2.75) is 147 Å². The van der Waals surface area contributed by atoms with Gasteiger partial charge in [-0.15, -0.1) is 6.42 Å². The minimum absolute atomic E-state index is 0.0599. The fourth-order valence-electron chi connectivity index (χ4n) is 11.8. The molecule has 8 bridgehead atoms. The van der Waals surface area contributed by atoms with Crippen LogP contribution in [0.25, 0.3) is 0 Å². The van der Waals surface area contributed by atoms with Crippen LogP contribution in [0.5, 0.6) is 0 Å². The summed E-state index contributed by atoms with van der Waals surface area (Å²) >= 11 is 0. The molecule has 0 radical (unpaired) electrons. The zero-order chi connectivity index (χ0) is 30.6. The lowest BCUT2D eigenvalue weighted by Crippen LogP contribution is -2.48. The lowest BCUT2D eigenvalue weighted by molar-refractivity contribution is -0.121. The minimum Gasteiger partial charge on any atom is -0.393 e. The Morgan fingerprint density at radius 1 is 0.744 bits per heavy atom. The summed E-state index contributed by atoms with van der Waals surface area (Å²) in [6.07, 6.45) is 13.3. The van der Waals surface area contributed by atoms with Gasteiger partial charge < -0.3 is 31.7 Å². The molecule has 0 aromatic rings. The summed E-state index contributed by atoms with van der Waals surface area (Å²) in [5, 5.41) is 31.2. The SMILES string of the molecule is C#CCNC(=O)CC[C@@H]1C2NC(CC3NC(CC4NC(CC5NC6C2CC(O)C6C5C)C(CC)C4C)C(CC)C3C)[C@H]1C. The highest BCUT2D eigenvalue weighted by Gasteiger charge is 2.58. The molecule has 0 spiro atoms. The molecule has 5 saturated heterocycles. The molecular formula is C36H61N5O2. The molecular weight excluding hydrogens is 534 g/mol. The van der Waals surface area contributed by atoms with Gasteiger partial charge in [0.2, 0.25) is 5.91 Å². The number of fused-ring (bicyclic) bond motifs is 8. The zero-order valence-corrected chi connectivity index (χ0v) is 27.7. The summed E-state index contributed by atoms with van der Waals surface area (Å²) in [6, 6.07) is 3.65. The van der Waals surface area contributed by atoms with Crippen LogP contribution in [0.2, 0.25) is 0 Å². The predicted molar refractivity (Wildman–Crippen MR) is 173 cm³/mol. The average Bonchev–Trinajstić information content (AvgIpc) is 3.73. The molecule has 6 N–H and O–H groups in total. The fourth-order valence-corrected chi connectivity index (χ4v) is 11.8. The first-order valence-electron chi connectivity index (χ1n) is 18.1. The van der Waals surface area contributed by atoms with Crippen LogP contribution in [0.1, 0.15) is 92.9 Å². The van der Waals surface area contributed by atoms with Crippen molar-refractivity contribution in [1.29, 1.82) is 0 Å². The number of amides is 1. The van der Waals surface area contributed by atoms with E-state index in [4.69, 9.17) is 6.42 Å². The Bertz CT molecular complexity index is 1030. The summed E-state index contributed by atoms with van der Waals surface area (Å²) < 4.78 is 0. The first-order valence-corrected chi connectivity index (χ1v) is 18.1. The highest BCUT2D eigenvalue weighted by molar-refractivity contribution is 5.76. The van der Waals surface area contributed by atoms with Gasteiger partial charge in [-0.05, 0) is 79.4 Å². The van der Waals surface area contributed by atoms with Gasteiger partial charge in [0, 0.05) is 60.7 Å². The second-order valence-corrected chi connectivity index (χ2v) is 15.9. The molecule has 16 unspecified atom stereocenters. The molecule has 6 aliphatic rings. The van der Waals surface area contributed by atoms with Crippen molar-refractivity contribution < 1.29 is 9.90 Å². The summed E-state index contributed by atoms with van der Waals surface area (Å²) in [7, 11) is 0. The first-order chi connectivity index (χ1) is 20.7. The molecule has 5 aliphatic heterocycles. The monoisotopic (exact) mass is 595 g/mol. The largest absolute Gasteiger partial charge is 0.393 e. The van der Waals surface area contributed by atoms with Crippen molar-refractivity contribution in [3.05, 3.63) is 0 Å². The van der Waals surface area contributed by atoms with Crippen LogP contribution in [-0.2, 0) is 4.79 Å². The molecule has 18 atom stereocenters. The highest BCUT2D eigenvalue weighted by atomic mass is 16.3. The number of carbonyl (C=O) groups excluding carboxylic acids is 1. The highest BCUT2D eigenvalue weighted by Crippen LogP contribution is 2.50. The van der Waals surface area contributed by atoms with Gasteiger partial charge in [0.05, 0.1) is 12.6 Å². The third kappa shape index (κ3) is 5.71. The van der Waals surface area contributed by atoms with Gasteiger partial charge in [0.1, 0.15) is 0 Å². The molecule has 7 heteroatoms. The molecule has 1 saturated carbocycles. The Balaban J connectivity index is 1.31. The molecule has 5 heterocycles. The molecule has 242 valence electrons. The van der Waals surface area contributed by atoms with Crippen LogP contribution in [0.4, 0.5) is 0 Å². The number of hydrogen-bond donors (Lipinski definition) is 6. The van der Waals surface area contributed by atoms with Gasteiger partial charge in [-0.1, -0.05) is 60.3 Å². The van der Waals surface area contributed by atoms with E-state index in [2.05, 4.69) is 74.0 Å². The quantitative estimate of drug-likeness (QED) is 0.264. The Morgan fingerprint density at radius 3 is 1.84 bits per heavy atom. The van der Waals surface area contributed by atoms with Crippen molar-refractivity contribution in [2.75, 3.05) is 6.54 Å². The van der Waals surface area contributed by atoms with E-state index in [1.807, 2.05) is 0 Å². The van der Waals surface area contributed by atoms with Crippen molar-refractivity contribution in [3.63, 3.8) is 0 Å². The summed E-state index contributed by atoms with van der Waals surface area (Å²) in [5.41, 5.74) is 0. The van der Waals surface area contributed by atoms with Crippen LogP contribution in [0.3, 0.4) is 0 Å². The predicted octanol–water partition coefficient (Wildman–Crippen LogP) is 3.27. The van der Waals surface area contributed by atoms with Crippen LogP contribution >= 0.6 is 0 Å². The number of aliphatic hydroxyl groups excluding tert-OH is 1. The van der Waals surface area contributed by atoms with Gasteiger partial charge in [-0.3, -0.25) is 4.79 Å². The average molecular weight is 596 g/mol. The maximum Gasteiger partial charge on any atom is 0.220 e. The Hall–Kier alpha value is -1.17. The van der Waals surface area contributed by atoms with Gasteiger partial charge >= 0.3 is 0 Å². The molecule has 1 amide bonds. The number of carbonyl (C=O) groups is 1. The normalized spacial score (nSPS) is 52.3. The smallest absolute Gasteiger partial charge is 0.220 e. The van der Waals surface area contributed by atoms with Gasteiger partial charge in [0.25, 0.3) is 0 Å². The topological polar surface area (TPSA) is 97.5 Å². The van der Waals surface area contributed by atoms with E-state index in [9.17, 15) is 9.90 Å². The van der Waals surface area contributed by atoms with E-state index >= 15 is 0 Å². The van der Waals surface area contributed by atoms with E-state index in [0.717, 1.165) is 25.7 Å². The summed E-state index contributed by atoms with van der Waals surface area (Å²) in [6.45, 7) is 14.9. The van der Waals surface area contributed by atoms with Gasteiger partial charge in [0.15, 0.2) is 0 Å². The van der Waals surface area contributed by atoms with E-state index in [-0.39, 0.29) is 12.0 Å². The second kappa shape index (κ2) is 12.9. The Kier molecular flexibility index (Phi) is 9.55. The van der Waals surface area contributed by atoms with Crippen molar-refractivity contribution >= 4 is 5.91 Å². The standard InChI is InChI=1S/C36H61N5O2/c1-8-13-37-33(43)12-11-24-20(6)28-15-26-18(4)22(9-2)30(38-26)16-27-19(5)23(10-3)31(39-27)17-29-21(7)34-32(42)14-25(35(24)40-28)36(34)41-29/h1,18-32,34-36,38-42H,9-17H2,2-7H3,(H,37,43)/t18?,19?,20-,21?,22?,23?,24-,25?,26?,27?,28?,29?,30?,31?,32?,34?,35?,36?/m0/s1. The first kappa shape index (κ1) is 31.8. The molecule has 43 heavy (non-hydrogen) atoms. The summed E-state index contributed by atoms with van der Waals surface area (Å²) in [5.74, 6) is 7.36. The molecule has 6 rings (SSSR count). The number of hydrogen-bond acceptors (Lipinski definition) is 6. The zero-order valence-electron chi connectivity index (χ0n) is 27.7. The fraction of sp³-hybridized carbons (Fsp3) is 0.917. The van der Waals surface area contributed by atoms with Crippen LogP contribution < -0.4 is 26.6 Å². The number of aliphatic hydroxyl groups is 1. The van der Waals surface area contributed by atoms with Gasteiger partial charge in [-0.25, -0.2) is 0 Å². The van der Waals surface area contributed by atoms with Gasteiger partial charge in [-0.2, -0.15) is 0 Å². The van der Waals surface area contributed by atoms with Crippen LogP contribution in [-0.4, -0.2) is 72.0 Å². The lowest BCUT2D eigenvalue weighted by Gasteiger charge is -2.32. The second-order valence-electron chi connectivity index (χ2n) is 15.9. The molecule has 0 aromatic heterocycles. The maximum absolute atomic E-state index is 12.7. The number of nitrogens with one attached hydrogen (secondary N) is 5.